The fraction of sp³-hybridized carbons (Fsp3) is 0. The van der Waals surface area contributed by atoms with Crippen molar-refractivity contribution in [3.63, 3.8) is 0 Å². The maximum absolute atomic E-state index is 6.36. The zero-order valence-corrected chi connectivity index (χ0v) is 27.6. The van der Waals surface area contributed by atoms with Crippen molar-refractivity contribution in [1.82, 2.24) is 15.0 Å². The van der Waals surface area contributed by atoms with Gasteiger partial charge in [0.15, 0.2) is 17.5 Å². The van der Waals surface area contributed by atoms with Gasteiger partial charge >= 0.3 is 0 Å². The third-order valence-electron chi connectivity index (χ3n) is 9.33. The molecule has 3 aromatic heterocycles. The predicted molar refractivity (Wildman–Crippen MR) is 207 cm³/mol. The van der Waals surface area contributed by atoms with Gasteiger partial charge in [0, 0.05) is 47.6 Å². The summed E-state index contributed by atoms with van der Waals surface area (Å²) >= 11 is 1.84. The van der Waals surface area contributed by atoms with Crippen LogP contribution in [0.25, 0.3) is 98.5 Å². The molecule has 0 aliphatic carbocycles. The van der Waals surface area contributed by atoms with Crippen LogP contribution in [0.5, 0.6) is 0 Å². The molecule has 4 nitrogen and oxygen atoms in total. The van der Waals surface area contributed by atoms with Gasteiger partial charge in [-0.15, -0.1) is 11.3 Å². The molecule has 0 radical (unpaired) electrons. The smallest absolute Gasteiger partial charge is 0.164 e. The lowest BCUT2D eigenvalue weighted by molar-refractivity contribution is 0.669. The Kier molecular flexibility index (Phi) is 6.64. The Morgan fingerprint density at radius 1 is 0.360 bits per heavy atom. The van der Waals surface area contributed by atoms with Gasteiger partial charge in [-0.1, -0.05) is 121 Å². The van der Waals surface area contributed by atoms with Gasteiger partial charge < -0.3 is 4.42 Å². The maximum Gasteiger partial charge on any atom is 0.164 e. The molecule has 5 heteroatoms. The van der Waals surface area contributed by atoms with Gasteiger partial charge in [0.05, 0.1) is 0 Å². The summed E-state index contributed by atoms with van der Waals surface area (Å²) in [6.45, 7) is 0. The highest BCUT2D eigenvalue weighted by Crippen LogP contribution is 2.43. The van der Waals surface area contributed by atoms with Gasteiger partial charge in [-0.3, -0.25) is 0 Å². The second-order valence-electron chi connectivity index (χ2n) is 12.4. The van der Waals surface area contributed by atoms with Crippen molar-refractivity contribution >= 4 is 53.4 Å². The van der Waals surface area contributed by atoms with E-state index < -0.39 is 0 Å². The number of thiophene rings is 1. The van der Waals surface area contributed by atoms with E-state index in [2.05, 4.69) is 103 Å². The van der Waals surface area contributed by atoms with Crippen LogP contribution < -0.4 is 0 Å². The predicted octanol–water partition coefficient (Wildman–Crippen LogP) is 12.5. The minimum absolute atomic E-state index is 0.639. The topological polar surface area (TPSA) is 51.8 Å². The van der Waals surface area contributed by atoms with E-state index in [4.69, 9.17) is 19.4 Å². The van der Waals surface area contributed by atoms with Crippen LogP contribution in [-0.2, 0) is 0 Å². The van der Waals surface area contributed by atoms with E-state index in [0.717, 1.165) is 55.5 Å². The Morgan fingerprint density at radius 2 is 0.880 bits per heavy atom. The Bertz CT molecular complexity index is 2820. The Morgan fingerprint density at radius 3 is 1.56 bits per heavy atom. The summed E-state index contributed by atoms with van der Waals surface area (Å²) < 4.78 is 8.92. The lowest BCUT2D eigenvalue weighted by atomic mass is 9.97. The first-order valence-corrected chi connectivity index (χ1v) is 17.4. The first-order chi connectivity index (χ1) is 24.7. The summed E-state index contributed by atoms with van der Waals surface area (Å²) in [6.07, 6.45) is 0. The average Bonchev–Trinajstić information content (AvgIpc) is 3.76. The highest BCUT2D eigenvalue weighted by molar-refractivity contribution is 7.26. The Labute approximate surface area is 292 Å². The molecule has 0 saturated heterocycles. The van der Waals surface area contributed by atoms with Crippen LogP contribution in [0.2, 0.25) is 0 Å². The number of hydrogen-bond acceptors (Lipinski definition) is 5. The van der Waals surface area contributed by atoms with Crippen molar-refractivity contribution in [2.75, 3.05) is 0 Å². The van der Waals surface area contributed by atoms with Gasteiger partial charge in [-0.25, -0.2) is 15.0 Å². The van der Waals surface area contributed by atoms with Crippen molar-refractivity contribution < 1.29 is 4.42 Å². The van der Waals surface area contributed by atoms with Crippen LogP contribution in [-0.4, -0.2) is 15.0 Å². The minimum atomic E-state index is 0.639. The van der Waals surface area contributed by atoms with E-state index in [0.29, 0.717) is 17.5 Å². The molecule has 0 saturated carbocycles. The Balaban J connectivity index is 1.06. The third-order valence-corrected chi connectivity index (χ3v) is 10.5. The van der Waals surface area contributed by atoms with E-state index in [1.807, 2.05) is 72.0 Å². The first kappa shape index (κ1) is 28.6. The summed E-state index contributed by atoms with van der Waals surface area (Å²) in [7, 11) is 0. The van der Waals surface area contributed by atoms with Crippen LogP contribution >= 0.6 is 11.3 Å². The molecule has 234 valence electrons. The van der Waals surface area contributed by atoms with Crippen molar-refractivity contribution in [2.45, 2.75) is 0 Å². The van der Waals surface area contributed by atoms with Crippen LogP contribution in [0.1, 0.15) is 0 Å². The van der Waals surface area contributed by atoms with Gasteiger partial charge in [-0.2, -0.15) is 0 Å². The summed E-state index contributed by atoms with van der Waals surface area (Å²) in [5.41, 5.74) is 9.16. The van der Waals surface area contributed by atoms with Crippen molar-refractivity contribution in [3.05, 3.63) is 164 Å². The number of fused-ring (bicyclic) bond motifs is 7. The molecule has 0 atom stereocenters. The zero-order chi connectivity index (χ0) is 33.0. The van der Waals surface area contributed by atoms with Crippen LogP contribution in [0.3, 0.4) is 0 Å². The second-order valence-corrected chi connectivity index (χ2v) is 13.5. The SMILES string of the molecule is c1ccc(-c2nc(-c3ccccc3)nc(-c3cccc(-c4cccc(-c5ccc6oc7ccc8c9ccccc9sc8c7c6c5)c4)c3)n2)cc1. The van der Waals surface area contributed by atoms with Crippen LogP contribution in [0.15, 0.2) is 168 Å². The zero-order valence-electron chi connectivity index (χ0n) is 26.7. The molecule has 7 aromatic carbocycles. The van der Waals surface area contributed by atoms with Crippen molar-refractivity contribution in [2.24, 2.45) is 0 Å². The van der Waals surface area contributed by atoms with E-state index >= 15 is 0 Å². The molecule has 0 N–H and O–H groups in total. The van der Waals surface area contributed by atoms with Gasteiger partial charge in [-0.05, 0) is 64.7 Å². The number of furan rings is 1. The summed E-state index contributed by atoms with van der Waals surface area (Å²) in [6, 6.07) is 56.8. The number of aromatic nitrogens is 3. The van der Waals surface area contributed by atoms with E-state index in [9.17, 15) is 0 Å². The number of nitrogens with zero attached hydrogens (tertiary/aromatic N) is 3. The Hall–Kier alpha value is -6.43. The van der Waals surface area contributed by atoms with Crippen molar-refractivity contribution in [3.8, 4) is 56.4 Å². The molecule has 0 bridgehead atoms. The maximum atomic E-state index is 6.36. The molecular formula is C45H27N3OS. The van der Waals surface area contributed by atoms with Crippen LogP contribution in [0.4, 0.5) is 0 Å². The third kappa shape index (κ3) is 4.87. The molecule has 0 aliphatic heterocycles. The molecule has 0 unspecified atom stereocenters. The van der Waals surface area contributed by atoms with Crippen LogP contribution in [0, 0.1) is 0 Å². The van der Waals surface area contributed by atoms with Crippen molar-refractivity contribution in [1.29, 1.82) is 0 Å². The standard InChI is InChI=1S/C45H27N3OS/c1-3-11-28(12-4-1)43-46-44(29-13-5-2-6-14-29)48-45(47-43)34-18-10-17-32(26-34)30-15-9-16-31(25-30)33-21-23-38-37(27-33)41-39(49-38)24-22-36-35-19-7-8-20-40(35)50-42(36)41/h1-27H. The highest BCUT2D eigenvalue weighted by atomic mass is 32.1. The summed E-state index contributed by atoms with van der Waals surface area (Å²) in [5.74, 6) is 1.94. The first-order valence-electron chi connectivity index (χ1n) is 16.6. The minimum Gasteiger partial charge on any atom is -0.456 e. The molecule has 0 fully saturated rings. The lowest BCUT2D eigenvalue weighted by Gasteiger charge is -2.10. The van der Waals surface area contributed by atoms with E-state index in [1.165, 1.54) is 25.6 Å². The normalized spacial score (nSPS) is 11.6. The summed E-state index contributed by atoms with van der Waals surface area (Å²) in [5, 5.41) is 4.89. The molecule has 3 heterocycles. The molecular weight excluding hydrogens is 631 g/mol. The largest absolute Gasteiger partial charge is 0.456 e. The van der Waals surface area contributed by atoms with E-state index in [-0.39, 0.29) is 0 Å². The fourth-order valence-electron chi connectivity index (χ4n) is 6.88. The molecule has 0 spiro atoms. The molecule has 50 heavy (non-hydrogen) atoms. The molecule has 10 rings (SSSR count). The number of hydrogen-bond donors (Lipinski definition) is 0. The molecule has 0 aliphatic rings. The number of rotatable bonds is 5. The molecule has 10 aromatic rings. The van der Waals surface area contributed by atoms with E-state index in [1.54, 1.807) is 0 Å². The van der Waals surface area contributed by atoms with Gasteiger partial charge in [0.1, 0.15) is 11.2 Å². The van der Waals surface area contributed by atoms with Gasteiger partial charge in [0.2, 0.25) is 0 Å². The molecule has 0 amide bonds. The highest BCUT2D eigenvalue weighted by Gasteiger charge is 2.16. The quantitative estimate of drug-likeness (QED) is 0.185. The fourth-order valence-corrected chi connectivity index (χ4v) is 8.13. The van der Waals surface area contributed by atoms with Gasteiger partial charge in [0.25, 0.3) is 0 Å². The monoisotopic (exact) mass is 657 g/mol. The average molecular weight is 658 g/mol. The lowest BCUT2D eigenvalue weighted by Crippen LogP contribution is -2.00. The number of benzene rings is 7. The summed E-state index contributed by atoms with van der Waals surface area (Å²) in [4.78, 5) is 14.8. The second kappa shape index (κ2) is 11.6.